The molecule has 0 bridgehead atoms. The molecule has 0 saturated carbocycles. The third-order valence-corrected chi connectivity index (χ3v) is 5.33. The molecule has 1 atom stereocenters. The number of benzene rings is 2. The predicted octanol–water partition coefficient (Wildman–Crippen LogP) is 3.49. The minimum atomic E-state index is -3.75. The van der Waals surface area contributed by atoms with Gasteiger partial charge in [-0.05, 0) is 43.2 Å². The summed E-state index contributed by atoms with van der Waals surface area (Å²) in [4.78, 5) is 15.2. The van der Waals surface area contributed by atoms with Crippen molar-refractivity contribution in [3.8, 4) is 23.0 Å². The highest BCUT2D eigenvalue weighted by molar-refractivity contribution is 7.86. The van der Waals surface area contributed by atoms with Gasteiger partial charge < -0.3 is 23.3 Å². The Morgan fingerprint density at radius 1 is 0.968 bits per heavy atom. The number of methoxy groups -OCH3 is 3. The number of ether oxygens (including phenoxy) is 3. The largest absolute Gasteiger partial charge is 0.496 e. The van der Waals surface area contributed by atoms with Gasteiger partial charge in [-0.15, -0.1) is 0 Å². The van der Waals surface area contributed by atoms with Crippen LogP contribution in [0.25, 0.3) is 0 Å². The van der Waals surface area contributed by atoms with Crippen LogP contribution in [0.4, 0.5) is 0 Å². The number of hydrogen-bond donors (Lipinski definition) is 0. The summed E-state index contributed by atoms with van der Waals surface area (Å²) in [6, 6.07) is 9.98. The van der Waals surface area contributed by atoms with E-state index >= 15 is 0 Å². The maximum Gasteiger partial charge on any atom is 0.306 e. The third kappa shape index (κ3) is 6.04. The molecule has 2 aromatic carbocycles. The quantitative estimate of drug-likeness (QED) is 0.511. The van der Waals surface area contributed by atoms with Gasteiger partial charge in [0.1, 0.15) is 17.1 Å². The highest BCUT2D eigenvalue weighted by atomic mass is 32.2. The number of carbonyl (C=O) groups is 1. The Kier molecular flexibility index (Phi) is 8.15. The molecule has 0 fully saturated rings. The van der Waals surface area contributed by atoms with E-state index in [1.807, 2.05) is 13.8 Å². The van der Waals surface area contributed by atoms with Crippen molar-refractivity contribution in [3.63, 3.8) is 0 Å². The van der Waals surface area contributed by atoms with E-state index in [1.165, 1.54) is 21.3 Å². The molecule has 0 aliphatic carbocycles. The Bertz CT molecular complexity index is 998. The Morgan fingerprint density at radius 3 is 2.03 bits per heavy atom. The van der Waals surface area contributed by atoms with Gasteiger partial charge in [0, 0.05) is 12.6 Å². The van der Waals surface area contributed by atoms with Gasteiger partial charge in [0.25, 0.3) is 5.91 Å². The average molecular weight is 452 g/mol. The molecule has 0 spiro atoms. The van der Waals surface area contributed by atoms with Crippen molar-refractivity contribution in [2.24, 2.45) is 0 Å². The molecule has 8 nitrogen and oxygen atoms in total. The van der Waals surface area contributed by atoms with Crippen molar-refractivity contribution in [1.82, 2.24) is 4.90 Å². The van der Waals surface area contributed by atoms with Gasteiger partial charge in [0.2, 0.25) is 0 Å². The Labute approximate surface area is 183 Å². The van der Waals surface area contributed by atoms with E-state index in [1.54, 1.807) is 41.3 Å². The van der Waals surface area contributed by atoms with E-state index in [-0.39, 0.29) is 30.0 Å². The summed E-state index contributed by atoms with van der Waals surface area (Å²) in [5.41, 5.74) is 1.01. The van der Waals surface area contributed by atoms with E-state index in [0.29, 0.717) is 29.0 Å². The zero-order valence-corrected chi connectivity index (χ0v) is 19.5. The molecule has 0 saturated heterocycles. The fourth-order valence-electron chi connectivity index (χ4n) is 3.10. The average Bonchev–Trinajstić information content (AvgIpc) is 2.74. The minimum absolute atomic E-state index is 0.0638. The monoisotopic (exact) mass is 451 g/mol. The lowest BCUT2D eigenvalue weighted by Gasteiger charge is -2.30. The van der Waals surface area contributed by atoms with E-state index < -0.39 is 10.1 Å². The van der Waals surface area contributed by atoms with Gasteiger partial charge in [-0.2, -0.15) is 8.42 Å². The maximum absolute atomic E-state index is 13.6. The molecular formula is C22H29NO7S. The van der Waals surface area contributed by atoms with Crippen LogP contribution >= 0.6 is 0 Å². The molecule has 0 aliphatic rings. The van der Waals surface area contributed by atoms with Crippen molar-refractivity contribution in [2.75, 3.05) is 27.6 Å². The van der Waals surface area contributed by atoms with Crippen LogP contribution in [0.15, 0.2) is 36.4 Å². The van der Waals surface area contributed by atoms with E-state index in [4.69, 9.17) is 18.4 Å². The first-order chi connectivity index (χ1) is 14.6. The zero-order valence-electron chi connectivity index (χ0n) is 18.7. The lowest BCUT2D eigenvalue weighted by atomic mass is 10.1. The summed E-state index contributed by atoms with van der Waals surface area (Å²) in [5, 5.41) is 0. The van der Waals surface area contributed by atoms with Gasteiger partial charge in [0.05, 0.1) is 27.6 Å². The number of rotatable bonds is 10. The molecule has 31 heavy (non-hydrogen) atoms. The molecule has 0 N–H and O–H groups in total. The standard InChI is InChI=1S/C22H29NO7S/c1-7-15(2)23(22(24)21-18(28-4)9-8-10-19(21)29-5)14-16-11-12-17(27-3)20(13-16)30-31(6,25)26/h8-13,15H,7,14H2,1-6H3. The molecule has 0 aromatic heterocycles. The van der Waals surface area contributed by atoms with Crippen LogP contribution in [0.2, 0.25) is 0 Å². The summed E-state index contributed by atoms with van der Waals surface area (Å²) in [6.45, 7) is 4.15. The molecule has 170 valence electrons. The van der Waals surface area contributed by atoms with Crippen LogP contribution in [-0.2, 0) is 16.7 Å². The highest BCUT2D eigenvalue weighted by Gasteiger charge is 2.27. The van der Waals surface area contributed by atoms with Gasteiger partial charge >= 0.3 is 10.1 Å². The van der Waals surface area contributed by atoms with Crippen LogP contribution in [0.1, 0.15) is 36.2 Å². The first-order valence-corrected chi connectivity index (χ1v) is 11.5. The number of amides is 1. The van der Waals surface area contributed by atoms with Crippen LogP contribution in [0, 0.1) is 0 Å². The van der Waals surface area contributed by atoms with Crippen molar-refractivity contribution >= 4 is 16.0 Å². The van der Waals surface area contributed by atoms with Gasteiger partial charge in [-0.1, -0.05) is 19.1 Å². The molecule has 2 aromatic rings. The van der Waals surface area contributed by atoms with Crippen LogP contribution in [0.5, 0.6) is 23.0 Å². The Balaban J connectivity index is 2.48. The number of hydrogen-bond acceptors (Lipinski definition) is 7. The summed E-state index contributed by atoms with van der Waals surface area (Å²) in [6.07, 6.45) is 1.67. The molecule has 0 heterocycles. The lowest BCUT2D eigenvalue weighted by Crippen LogP contribution is -2.38. The number of nitrogens with zero attached hydrogens (tertiary/aromatic N) is 1. The van der Waals surface area contributed by atoms with E-state index in [2.05, 4.69) is 0 Å². The molecular weight excluding hydrogens is 422 g/mol. The van der Waals surface area contributed by atoms with Crippen molar-refractivity contribution in [2.45, 2.75) is 32.9 Å². The van der Waals surface area contributed by atoms with Crippen LogP contribution in [0.3, 0.4) is 0 Å². The summed E-state index contributed by atoms with van der Waals surface area (Å²) in [7, 11) is 0.672. The lowest BCUT2D eigenvalue weighted by molar-refractivity contribution is 0.0664. The van der Waals surface area contributed by atoms with Gasteiger partial charge in [0.15, 0.2) is 11.5 Å². The van der Waals surface area contributed by atoms with E-state index in [9.17, 15) is 13.2 Å². The smallest absolute Gasteiger partial charge is 0.306 e. The first kappa shape index (κ1) is 24.3. The molecule has 2 rings (SSSR count). The van der Waals surface area contributed by atoms with Gasteiger partial charge in [-0.3, -0.25) is 4.79 Å². The topological polar surface area (TPSA) is 91.4 Å². The van der Waals surface area contributed by atoms with Crippen molar-refractivity contribution < 1.29 is 31.6 Å². The molecule has 1 amide bonds. The first-order valence-electron chi connectivity index (χ1n) is 9.73. The second kappa shape index (κ2) is 10.4. The fraction of sp³-hybridized carbons (Fsp3) is 0.409. The maximum atomic E-state index is 13.6. The summed E-state index contributed by atoms with van der Waals surface area (Å²) >= 11 is 0. The van der Waals surface area contributed by atoms with Crippen LogP contribution < -0.4 is 18.4 Å². The molecule has 1 unspecified atom stereocenters. The Hall–Kier alpha value is -2.94. The number of carbonyl (C=O) groups excluding carboxylic acids is 1. The summed E-state index contributed by atoms with van der Waals surface area (Å²) < 4.78 is 44.3. The fourth-order valence-corrected chi connectivity index (χ4v) is 3.55. The molecule has 0 radical (unpaired) electrons. The van der Waals surface area contributed by atoms with Crippen molar-refractivity contribution in [3.05, 3.63) is 47.5 Å². The predicted molar refractivity (Wildman–Crippen MR) is 118 cm³/mol. The second-order valence-corrected chi connectivity index (χ2v) is 8.58. The minimum Gasteiger partial charge on any atom is -0.496 e. The summed E-state index contributed by atoms with van der Waals surface area (Å²) in [5.74, 6) is 0.905. The Morgan fingerprint density at radius 2 is 1.55 bits per heavy atom. The normalized spacial score (nSPS) is 12.1. The molecule has 9 heteroatoms. The van der Waals surface area contributed by atoms with Crippen LogP contribution in [-0.4, -0.2) is 52.9 Å². The second-order valence-electron chi connectivity index (χ2n) is 7.00. The molecule has 0 aliphatic heterocycles. The van der Waals surface area contributed by atoms with E-state index in [0.717, 1.165) is 6.26 Å². The SMILES string of the molecule is CCC(C)N(Cc1ccc(OC)c(OS(C)(=O)=O)c1)C(=O)c1c(OC)cccc1OC. The third-order valence-electron chi connectivity index (χ3n) is 4.85. The van der Waals surface area contributed by atoms with Gasteiger partial charge in [-0.25, -0.2) is 0 Å². The zero-order chi connectivity index (χ0) is 23.2. The van der Waals surface area contributed by atoms with Crippen molar-refractivity contribution in [1.29, 1.82) is 0 Å². The highest BCUT2D eigenvalue weighted by Crippen LogP contribution is 2.33.